The molecule has 3 rings (SSSR count). The van der Waals surface area contributed by atoms with Gasteiger partial charge in [-0.3, -0.25) is 4.98 Å². The fourth-order valence-corrected chi connectivity index (χ4v) is 3.14. The summed E-state index contributed by atoms with van der Waals surface area (Å²) in [4.78, 5) is 4.70. The second kappa shape index (κ2) is 4.52. The Kier molecular flexibility index (Phi) is 2.96. The first kappa shape index (κ1) is 12.5. The van der Waals surface area contributed by atoms with Crippen LogP contribution in [0.1, 0.15) is 38.8 Å². The highest BCUT2D eigenvalue weighted by Crippen LogP contribution is 2.39. The number of benzene rings is 1. The molecule has 1 aromatic carbocycles. The molecule has 1 heterocycles. The number of aryl methyl sites for hydroxylation is 1. The van der Waals surface area contributed by atoms with Crippen molar-refractivity contribution < 1.29 is 0 Å². The molecular weight excluding hydrogens is 232 g/mol. The van der Waals surface area contributed by atoms with E-state index in [1.807, 2.05) is 0 Å². The number of aromatic nitrogens is 1. The van der Waals surface area contributed by atoms with Gasteiger partial charge in [-0.15, -0.1) is 0 Å². The lowest BCUT2D eigenvalue weighted by Gasteiger charge is -2.29. The van der Waals surface area contributed by atoms with Crippen molar-refractivity contribution in [3.8, 4) is 0 Å². The Labute approximate surface area is 115 Å². The van der Waals surface area contributed by atoms with E-state index in [0.717, 1.165) is 11.2 Å². The SMILES string of the molecule is Cc1ccc2cccc(NC3CCCC3(C)C)c2n1. The molecule has 1 unspecified atom stereocenters. The Bertz CT molecular complexity index is 601. The van der Waals surface area contributed by atoms with Crippen molar-refractivity contribution in [1.82, 2.24) is 4.98 Å². The predicted molar refractivity (Wildman–Crippen MR) is 81.5 cm³/mol. The van der Waals surface area contributed by atoms with Crippen molar-refractivity contribution in [3.63, 3.8) is 0 Å². The van der Waals surface area contributed by atoms with Crippen LogP contribution in [-0.2, 0) is 0 Å². The second-order valence-electron chi connectivity index (χ2n) is 6.41. The van der Waals surface area contributed by atoms with Gasteiger partial charge in [-0.2, -0.15) is 0 Å². The highest BCUT2D eigenvalue weighted by atomic mass is 15.0. The molecule has 1 atom stereocenters. The fourth-order valence-electron chi connectivity index (χ4n) is 3.14. The van der Waals surface area contributed by atoms with E-state index in [-0.39, 0.29) is 0 Å². The Morgan fingerprint density at radius 3 is 2.79 bits per heavy atom. The molecule has 100 valence electrons. The maximum absolute atomic E-state index is 4.70. The molecule has 1 aromatic heterocycles. The summed E-state index contributed by atoms with van der Waals surface area (Å²) < 4.78 is 0. The van der Waals surface area contributed by atoms with E-state index < -0.39 is 0 Å². The summed E-state index contributed by atoms with van der Waals surface area (Å²) in [6.07, 6.45) is 3.89. The summed E-state index contributed by atoms with van der Waals surface area (Å²) in [5.41, 5.74) is 3.74. The van der Waals surface area contributed by atoms with Crippen LogP contribution in [0.4, 0.5) is 5.69 Å². The maximum atomic E-state index is 4.70. The molecule has 1 N–H and O–H groups in total. The van der Waals surface area contributed by atoms with Gasteiger partial charge in [0, 0.05) is 17.1 Å². The molecule has 1 fully saturated rings. The molecule has 1 aliphatic rings. The first-order valence-electron chi connectivity index (χ1n) is 7.19. The molecule has 0 spiro atoms. The minimum Gasteiger partial charge on any atom is -0.380 e. The summed E-state index contributed by atoms with van der Waals surface area (Å²) in [7, 11) is 0. The number of nitrogens with zero attached hydrogens (tertiary/aromatic N) is 1. The third kappa shape index (κ3) is 2.32. The lowest BCUT2D eigenvalue weighted by atomic mass is 9.87. The summed E-state index contributed by atoms with van der Waals surface area (Å²) >= 11 is 0. The van der Waals surface area contributed by atoms with Gasteiger partial charge in [0.1, 0.15) is 0 Å². The molecule has 0 aliphatic heterocycles. The number of hydrogen-bond acceptors (Lipinski definition) is 2. The number of para-hydroxylation sites is 1. The molecule has 0 amide bonds. The summed E-state index contributed by atoms with van der Waals surface area (Å²) in [5.74, 6) is 0. The normalized spacial score (nSPS) is 21.7. The quantitative estimate of drug-likeness (QED) is 0.851. The van der Waals surface area contributed by atoms with Crippen LogP contribution >= 0.6 is 0 Å². The zero-order chi connectivity index (χ0) is 13.5. The summed E-state index contributed by atoms with van der Waals surface area (Å²) in [5, 5.41) is 4.95. The third-order valence-corrected chi connectivity index (χ3v) is 4.45. The number of pyridine rings is 1. The van der Waals surface area contributed by atoms with E-state index in [1.54, 1.807) is 0 Å². The van der Waals surface area contributed by atoms with Crippen molar-refractivity contribution in [1.29, 1.82) is 0 Å². The molecule has 0 saturated heterocycles. The van der Waals surface area contributed by atoms with E-state index >= 15 is 0 Å². The van der Waals surface area contributed by atoms with Crippen LogP contribution in [0.3, 0.4) is 0 Å². The maximum Gasteiger partial charge on any atom is 0.0936 e. The first-order chi connectivity index (χ1) is 9.06. The van der Waals surface area contributed by atoms with Crippen LogP contribution in [0.5, 0.6) is 0 Å². The van der Waals surface area contributed by atoms with E-state index in [0.29, 0.717) is 11.5 Å². The summed E-state index contributed by atoms with van der Waals surface area (Å²) in [6, 6.07) is 11.2. The van der Waals surface area contributed by atoms with E-state index in [2.05, 4.69) is 56.4 Å². The molecular formula is C17H22N2. The first-order valence-corrected chi connectivity index (χ1v) is 7.19. The van der Waals surface area contributed by atoms with Crippen molar-refractivity contribution in [2.45, 2.75) is 46.1 Å². The lowest BCUT2D eigenvalue weighted by Crippen LogP contribution is -2.30. The van der Waals surface area contributed by atoms with Gasteiger partial charge in [0.15, 0.2) is 0 Å². The largest absolute Gasteiger partial charge is 0.380 e. The van der Waals surface area contributed by atoms with E-state index in [9.17, 15) is 0 Å². The minimum atomic E-state index is 0.381. The van der Waals surface area contributed by atoms with E-state index in [1.165, 1.54) is 30.3 Å². The van der Waals surface area contributed by atoms with Gasteiger partial charge in [0.25, 0.3) is 0 Å². The average molecular weight is 254 g/mol. The van der Waals surface area contributed by atoms with Crippen molar-refractivity contribution >= 4 is 16.6 Å². The van der Waals surface area contributed by atoms with Gasteiger partial charge >= 0.3 is 0 Å². The third-order valence-electron chi connectivity index (χ3n) is 4.45. The number of anilines is 1. The number of fused-ring (bicyclic) bond motifs is 1. The highest BCUT2D eigenvalue weighted by Gasteiger charge is 2.34. The van der Waals surface area contributed by atoms with Crippen LogP contribution in [0.2, 0.25) is 0 Å². The lowest BCUT2D eigenvalue weighted by molar-refractivity contribution is 0.350. The molecule has 2 heteroatoms. The Morgan fingerprint density at radius 2 is 2.05 bits per heavy atom. The molecule has 1 aliphatic carbocycles. The zero-order valence-corrected chi connectivity index (χ0v) is 12.0. The van der Waals surface area contributed by atoms with E-state index in [4.69, 9.17) is 4.98 Å². The predicted octanol–water partition coefficient (Wildman–Crippen LogP) is 4.53. The smallest absolute Gasteiger partial charge is 0.0936 e. The summed E-state index contributed by atoms with van der Waals surface area (Å²) in [6.45, 7) is 6.78. The molecule has 0 radical (unpaired) electrons. The Morgan fingerprint density at radius 1 is 1.21 bits per heavy atom. The molecule has 2 nitrogen and oxygen atoms in total. The molecule has 19 heavy (non-hydrogen) atoms. The number of rotatable bonds is 2. The van der Waals surface area contributed by atoms with Gasteiger partial charge in [-0.25, -0.2) is 0 Å². The van der Waals surface area contributed by atoms with Crippen LogP contribution < -0.4 is 5.32 Å². The minimum absolute atomic E-state index is 0.381. The topological polar surface area (TPSA) is 24.9 Å². The van der Waals surface area contributed by atoms with Crippen LogP contribution in [0, 0.1) is 12.3 Å². The van der Waals surface area contributed by atoms with Gasteiger partial charge < -0.3 is 5.32 Å². The van der Waals surface area contributed by atoms with Gasteiger partial charge in [-0.1, -0.05) is 38.5 Å². The van der Waals surface area contributed by atoms with Gasteiger partial charge in [0.2, 0.25) is 0 Å². The van der Waals surface area contributed by atoms with Crippen molar-refractivity contribution in [2.75, 3.05) is 5.32 Å². The fraction of sp³-hybridized carbons (Fsp3) is 0.471. The van der Waals surface area contributed by atoms with Crippen LogP contribution in [0.25, 0.3) is 10.9 Å². The Hall–Kier alpha value is -1.57. The van der Waals surface area contributed by atoms with Crippen LogP contribution in [0.15, 0.2) is 30.3 Å². The van der Waals surface area contributed by atoms with Crippen molar-refractivity contribution in [3.05, 3.63) is 36.0 Å². The standard InChI is InChI=1S/C17H22N2/c1-12-9-10-13-6-4-7-14(16(13)18-12)19-15-8-5-11-17(15,2)3/h4,6-7,9-10,15,19H,5,8,11H2,1-3H3. The molecule has 2 aromatic rings. The second-order valence-corrected chi connectivity index (χ2v) is 6.41. The van der Waals surface area contributed by atoms with Crippen LogP contribution in [-0.4, -0.2) is 11.0 Å². The zero-order valence-electron chi connectivity index (χ0n) is 12.0. The van der Waals surface area contributed by atoms with Crippen molar-refractivity contribution in [2.24, 2.45) is 5.41 Å². The van der Waals surface area contributed by atoms with Gasteiger partial charge in [-0.05, 0) is 37.3 Å². The molecule has 0 bridgehead atoms. The van der Waals surface area contributed by atoms with Gasteiger partial charge in [0.05, 0.1) is 11.2 Å². The monoisotopic (exact) mass is 254 g/mol. The number of hydrogen-bond donors (Lipinski definition) is 1. The highest BCUT2D eigenvalue weighted by molar-refractivity contribution is 5.90. The number of nitrogens with one attached hydrogen (secondary N) is 1. The Balaban J connectivity index is 1.99. The molecule has 1 saturated carbocycles. The average Bonchev–Trinajstić information content (AvgIpc) is 2.69.